The number of benzene rings is 2. The predicted octanol–water partition coefficient (Wildman–Crippen LogP) is 3.27. The summed E-state index contributed by atoms with van der Waals surface area (Å²) < 4.78 is 11.1. The smallest absolute Gasteiger partial charge is 0.308 e. The van der Waals surface area contributed by atoms with Crippen LogP contribution < -0.4 is 9.47 Å². The largest absolute Gasteiger partial charge is 0.496 e. The fourth-order valence-electron chi connectivity index (χ4n) is 4.00. The second kappa shape index (κ2) is 6.09. The van der Waals surface area contributed by atoms with Gasteiger partial charge in [-0.1, -0.05) is 24.3 Å². The molecule has 2 aromatic carbocycles. The normalized spacial score (nSPS) is 15.0. The SMILES string of the molecule is COc1c2c(c(OC(C)=O)c3c1C(=O)c1ccccc1C3=O)CCCC2. The molecule has 0 heterocycles. The van der Waals surface area contributed by atoms with Gasteiger partial charge in [-0.05, 0) is 25.7 Å². The Balaban J connectivity index is 2.11. The first-order valence-electron chi connectivity index (χ1n) is 8.67. The summed E-state index contributed by atoms with van der Waals surface area (Å²) in [7, 11) is 1.51. The van der Waals surface area contributed by atoms with Crippen molar-refractivity contribution in [1.29, 1.82) is 0 Å². The first-order valence-corrected chi connectivity index (χ1v) is 8.67. The number of ketones is 2. The minimum absolute atomic E-state index is 0.154. The van der Waals surface area contributed by atoms with Crippen molar-refractivity contribution in [2.45, 2.75) is 32.6 Å². The van der Waals surface area contributed by atoms with Gasteiger partial charge in [0.1, 0.15) is 11.5 Å². The molecule has 0 fully saturated rings. The van der Waals surface area contributed by atoms with E-state index in [0.29, 0.717) is 23.3 Å². The van der Waals surface area contributed by atoms with E-state index in [9.17, 15) is 14.4 Å². The van der Waals surface area contributed by atoms with Crippen LogP contribution in [0.5, 0.6) is 11.5 Å². The Morgan fingerprint density at radius 1 is 0.885 bits per heavy atom. The number of carbonyl (C=O) groups is 3. The summed E-state index contributed by atoms with van der Waals surface area (Å²) in [6.45, 7) is 1.30. The van der Waals surface area contributed by atoms with Crippen molar-refractivity contribution < 1.29 is 23.9 Å². The Labute approximate surface area is 150 Å². The van der Waals surface area contributed by atoms with Gasteiger partial charge in [-0.2, -0.15) is 0 Å². The number of carbonyl (C=O) groups excluding carboxylic acids is 3. The van der Waals surface area contributed by atoms with Crippen molar-refractivity contribution in [3.05, 3.63) is 57.6 Å². The molecule has 2 aliphatic carbocycles. The molecule has 2 aliphatic rings. The second-order valence-corrected chi connectivity index (χ2v) is 6.57. The third-order valence-corrected chi connectivity index (χ3v) is 5.04. The van der Waals surface area contributed by atoms with Crippen LogP contribution in [0.25, 0.3) is 0 Å². The van der Waals surface area contributed by atoms with Gasteiger partial charge in [0, 0.05) is 29.2 Å². The maximum absolute atomic E-state index is 13.2. The highest BCUT2D eigenvalue weighted by Crippen LogP contribution is 2.46. The molecule has 0 aliphatic heterocycles. The molecule has 0 radical (unpaired) electrons. The number of hydrogen-bond acceptors (Lipinski definition) is 5. The van der Waals surface area contributed by atoms with Crippen molar-refractivity contribution in [3.8, 4) is 11.5 Å². The third kappa shape index (κ3) is 2.27. The molecule has 26 heavy (non-hydrogen) atoms. The molecule has 132 valence electrons. The Bertz CT molecular complexity index is 971. The molecular weight excluding hydrogens is 332 g/mol. The average molecular weight is 350 g/mol. The van der Waals surface area contributed by atoms with Crippen LogP contribution >= 0.6 is 0 Å². The quantitative estimate of drug-likeness (QED) is 0.524. The van der Waals surface area contributed by atoms with Crippen molar-refractivity contribution in [1.82, 2.24) is 0 Å². The van der Waals surface area contributed by atoms with Gasteiger partial charge in [-0.15, -0.1) is 0 Å². The van der Waals surface area contributed by atoms with E-state index in [1.807, 2.05) is 0 Å². The predicted molar refractivity (Wildman–Crippen MR) is 94.3 cm³/mol. The monoisotopic (exact) mass is 350 g/mol. The summed E-state index contributed by atoms with van der Waals surface area (Å²) in [5.74, 6) is -0.412. The summed E-state index contributed by atoms with van der Waals surface area (Å²) in [6, 6.07) is 6.72. The van der Waals surface area contributed by atoms with Crippen LogP contribution in [0.1, 0.15) is 62.7 Å². The first kappa shape index (κ1) is 16.5. The van der Waals surface area contributed by atoms with Crippen LogP contribution in [-0.4, -0.2) is 24.6 Å². The van der Waals surface area contributed by atoms with Gasteiger partial charge in [0.15, 0.2) is 11.6 Å². The van der Waals surface area contributed by atoms with Crippen LogP contribution in [0.15, 0.2) is 24.3 Å². The first-order chi connectivity index (χ1) is 12.5. The van der Waals surface area contributed by atoms with E-state index in [-0.39, 0.29) is 28.4 Å². The number of esters is 1. The third-order valence-electron chi connectivity index (χ3n) is 5.04. The average Bonchev–Trinajstić information content (AvgIpc) is 2.65. The molecule has 5 nitrogen and oxygen atoms in total. The second-order valence-electron chi connectivity index (χ2n) is 6.57. The number of methoxy groups -OCH3 is 1. The van der Waals surface area contributed by atoms with E-state index >= 15 is 0 Å². The molecule has 0 atom stereocenters. The van der Waals surface area contributed by atoms with Crippen LogP contribution in [0.4, 0.5) is 0 Å². The summed E-state index contributed by atoms with van der Waals surface area (Å²) >= 11 is 0. The van der Waals surface area contributed by atoms with Crippen LogP contribution in [0, 0.1) is 0 Å². The molecule has 2 aromatic rings. The van der Waals surface area contributed by atoms with Crippen LogP contribution in [0.2, 0.25) is 0 Å². The molecule has 0 bridgehead atoms. The summed E-state index contributed by atoms with van der Waals surface area (Å²) in [6.07, 6.45) is 3.30. The molecule has 4 rings (SSSR count). The van der Waals surface area contributed by atoms with Crippen molar-refractivity contribution in [2.75, 3.05) is 7.11 Å². The zero-order valence-corrected chi connectivity index (χ0v) is 14.7. The van der Waals surface area contributed by atoms with Crippen molar-refractivity contribution in [2.24, 2.45) is 0 Å². The van der Waals surface area contributed by atoms with Gasteiger partial charge < -0.3 is 9.47 Å². The molecule has 0 saturated carbocycles. The zero-order chi connectivity index (χ0) is 18.4. The fraction of sp³-hybridized carbons (Fsp3) is 0.286. The molecule has 0 aromatic heterocycles. The number of hydrogen-bond donors (Lipinski definition) is 0. The number of rotatable bonds is 2. The van der Waals surface area contributed by atoms with E-state index < -0.39 is 5.97 Å². The minimum Gasteiger partial charge on any atom is -0.496 e. The topological polar surface area (TPSA) is 69.7 Å². The van der Waals surface area contributed by atoms with Gasteiger partial charge in [0.05, 0.1) is 18.2 Å². The molecule has 0 spiro atoms. The maximum atomic E-state index is 13.2. The lowest BCUT2D eigenvalue weighted by atomic mass is 9.78. The lowest BCUT2D eigenvalue weighted by Gasteiger charge is -2.28. The molecule has 0 unspecified atom stereocenters. The molecule has 0 N–H and O–H groups in total. The van der Waals surface area contributed by atoms with Crippen molar-refractivity contribution >= 4 is 17.5 Å². The standard InChI is InChI=1S/C21H18O5/c1-11(22)26-21-15-10-6-5-9-14(15)20(25-2)16-17(21)19(24)13-8-4-3-7-12(13)18(16)23/h3-4,7-8H,5-6,9-10H2,1-2H3. The summed E-state index contributed by atoms with van der Waals surface area (Å²) in [5, 5.41) is 0. The number of ether oxygens (including phenoxy) is 2. The fourth-order valence-corrected chi connectivity index (χ4v) is 4.00. The lowest BCUT2D eigenvalue weighted by Crippen LogP contribution is -2.26. The minimum atomic E-state index is -0.510. The van der Waals surface area contributed by atoms with E-state index in [1.54, 1.807) is 24.3 Å². The van der Waals surface area contributed by atoms with Gasteiger partial charge in [0.2, 0.25) is 0 Å². The van der Waals surface area contributed by atoms with Gasteiger partial charge in [-0.3, -0.25) is 14.4 Å². The van der Waals surface area contributed by atoms with E-state index in [2.05, 4.69) is 0 Å². The Morgan fingerprint density at radius 2 is 1.38 bits per heavy atom. The van der Waals surface area contributed by atoms with Crippen LogP contribution in [0.3, 0.4) is 0 Å². The maximum Gasteiger partial charge on any atom is 0.308 e. The lowest BCUT2D eigenvalue weighted by molar-refractivity contribution is -0.131. The van der Waals surface area contributed by atoms with Gasteiger partial charge in [-0.25, -0.2) is 0 Å². The zero-order valence-electron chi connectivity index (χ0n) is 14.7. The Hall–Kier alpha value is -2.95. The van der Waals surface area contributed by atoms with E-state index in [1.165, 1.54) is 14.0 Å². The highest BCUT2D eigenvalue weighted by molar-refractivity contribution is 6.30. The number of fused-ring (bicyclic) bond motifs is 3. The molecule has 0 amide bonds. The summed E-state index contributed by atoms with van der Waals surface area (Å²) in [5.41, 5.74) is 2.73. The Morgan fingerprint density at radius 3 is 1.88 bits per heavy atom. The molecular formula is C21H18O5. The molecule has 5 heteroatoms. The summed E-state index contributed by atoms with van der Waals surface area (Å²) in [4.78, 5) is 38.1. The highest BCUT2D eigenvalue weighted by Gasteiger charge is 2.39. The van der Waals surface area contributed by atoms with Gasteiger partial charge >= 0.3 is 5.97 Å². The van der Waals surface area contributed by atoms with E-state index in [4.69, 9.17) is 9.47 Å². The van der Waals surface area contributed by atoms with Crippen molar-refractivity contribution in [3.63, 3.8) is 0 Å². The molecule has 0 saturated heterocycles. The highest BCUT2D eigenvalue weighted by atomic mass is 16.5. The van der Waals surface area contributed by atoms with Gasteiger partial charge in [0.25, 0.3) is 0 Å². The van der Waals surface area contributed by atoms with E-state index in [0.717, 1.165) is 30.4 Å². The Kier molecular flexibility index (Phi) is 3.87. The van der Waals surface area contributed by atoms with Crippen LogP contribution in [-0.2, 0) is 17.6 Å².